The van der Waals surface area contributed by atoms with E-state index in [2.05, 4.69) is 5.32 Å². The summed E-state index contributed by atoms with van der Waals surface area (Å²) in [6.07, 6.45) is 3.53. The number of amides is 1. The first-order valence-electron chi connectivity index (χ1n) is 11.5. The zero-order chi connectivity index (χ0) is 23.7. The molecule has 0 aromatic heterocycles. The summed E-state index contributed by atoms with van der Waals surface area (Å²) < 4.78 is 32.5. The average molecular weight is 473 g/mol. The summed E-state index contributed by atoms with van der Waals surface area (Å²) in [7, 11) is -3.49. The van der Waals surface area contributed by atoms with Crippen LogP contribution in [0.25, 0.3) is 0 Å². The average Bonchev–Trinajstić information content (AvgIpc) is 3.12. The lowest BCUT2D eigenvalue weighted by Gasteiger charge is -2.20. The van der Waals surface area contributed by atoms with Crippen LogP contribution in [0.4, 0.5) is 0 Å². The van der Waals surface area contributed by atoms with E-state index in [1.807, 2.05) is 30.3 Å². The fraction of sp³-hybridized carbons (Fsp3) is 0.440. The number of rotatable bonds is 9. The van der Waals surface area contributed by atoms with Crippen molar-refractivity contribution in [2.45, 2.75) is 63.0 Å². The van der Waals surface area contributed by atoms with Crippen LogP contribution in [0, 0.1) is 0 Å². The predicted molar refractivity (Wildman–Crippen MR) is 126 cm³/mol. The van der Waals surface area contributed by atoms with Gasteiger partial charge in [0.1, 0.15) is 0 Å². The Labute approximate surface area is 196 Å². The van der Waals surface area contributed by atoms with Crippen LogP contribution in [-0.2, 0) is 37.3 Å². The summed E-state index contributed by atoms with van der Waals surface area (Å²) in [5, 5.41) is 2.75. The van der Waals surface area contributed by atoms with E-state index in [9.17, 15) is 18.0 Å². The van der Waals surface area contributed by atoms with Crippen molar-refractivity contribution in [2.24, 2.45) is 0 Å². The quantitative estimate of drug-likeness (QED) is 0.565. The first-order valence-corrected chi connectivity index (χ1v) is 12.9. The molecule has 0 radical (unpaired) electrons. The van der Waals surface area contributed by atoms with Crippen molar-refractivity contribution in [3.05, 3.63) is 65.7 Å². The Balaban J connectivity index is 1.45. The summed E-state index contributed by atoms with van der Waals surface area (Å²) in [5.41, 5.74) is 1.80. The third-order valence-electron chi connectivity index (χ3n) is 5.73. The second-order valence-corrected chi connectivity index (χ2v) is 10.2. The van der Waals surface area contributed by atoms with Gasteiger partial charge >= 0.3 is 5.97 Å². The lowest BCUT2D eigenvalue weighted by atomic mass is 10.1. The van der Waals surface area contributed by atoms with Crippen molar-refractivity contribution in [2.75, 3.05) is 13.1 Å². The Hall–Kier alpha value is -2.71. The van der Waals surface area contributed by atoms with Crippen LogP contribution in [0.1, 0.15) is 50.2 Å². The van der Waals surface area contributed by atoms with E-state index in [0.717, 1.165) is 36.8 Å². The van der Waals surface area contributed by atoms with E-state index in [4.69, 9.17) is 4.74 Å². The summed E-state index contributed by atoms with van der Waals surface area (Å²) in [5.74, 6) is -0.825. The highest BCUT2D eigenvalue weighted by Gasteiger charge is 2.25. The summed E-state index contributed by atoms with van der Waals surface area (Å²) in [6, 6.07) is 16.1. The monoisotopic (exact) mass is 472 g/mol. The number of ether oxygens (including phenoxy) is 1. The molecule has 33 heavy (non-hydrogen) atoms. The number of nitrogens with one attached hydrogen (secondary N) is 1. The van der Waals surface area contributed by atoms with Gasteiger partial charge in [-0.15, -0.1) is 0 Å². The van der Waals surface area contributed by atoms with Gasteiger partial charge in [0.05, 0.1) is 4.90 Å². The normalized spacial score (nSPS) is 15.9. The number of aryl methyl sites for hydroxylation is 1. The number of carbonyl (C=O) groups is 2. The van der Waals surface area contributed by atoms with Gasteiger partial charge < -0.3 is 10.1 Å². The molecule has 3 rings (SSSR count). The highest BCUT2D eigenvalue weighted by Crippen LogP contribution is 2.21. The molecule has 1 atom stereocenters. The van der Waals surface area contributed by atoms with E-state index in [1.54, 1.807) is 35.5 Å². The second kappa shape index (κ2) is 12.0. The van der Waals surface area contributed by atoms with Gasteiger partial charge in [0.2, 0.25) is 10.0 Å². The van der Waals surface area contributed by atoms with Crippen LogP contribution in [0.5, 0.6) is 0 Å². The van der Waals surface area contributed by atoms with Crippen LogP contribution < -0.4 is 5.32 Å². The predicted octanol–water partition coefficient (Wildman–Crippen LogP) is 3.43. The zero-order valence-corrected chi connectivity index (χ0v) is 19.9. The maximum Gasteiger partial charge on any atom is 0.306 e. The summed E-state index contributed by atoms with van der Waals surface area (Å²) in [4.78, 5) is 24.6. The number of benzene rings is 2. The van der Waals surface area contributed by atoms with E-state index in [0.29, 0.717) is 26.1 Å². The third kappa shape index (κ3) is 7.40. The maximum absolute atomic E-state index is 12.9. The maximum atomic E-state index is 12.9. The van der Waals surface area contributed by atoms with Gasteiger partial charge in [-0.2, -0.15) is 4.31 Å². The molecule has 0 bridgehead atoms. The van der Waals surface area contributed by atoms with Crippen molar-refractivity contribution in [1.29, 1.82) is 0 Å². The Morgan fingerprint density at radius 2 is 1.58 bits per heavy atom. The SMILES string of the molecule is CC(OC(=O)CCc1ccc(S(=O)(=O)N2CCCCCC2)cc1)C(=O)NCc1ccccc1. The van der Waals surface area contributed by atoms with Crippen molar-refractivity contribution < 1.29 is 22.7 Å². The third-order valence-corrected chi connectivity index (χ3v) is 7.64. The van der Waals surface area contributed by atoms with Gasteiger partial charge in [-0.1, -0.05) is 55.3 Å². The first kappa shape index (κ1) is 24.9. The minimum Gasteiger partial charge on any atom is -0.453 e. The number of carbonyl (C=O) groups excluding carboxylic acids is 2. The summed E-state index contributed by atoms with van der Waals surface area (Å²) in [6.45, 7) is 3.04. The number of sulfonamides is 1. The molecule has 0 spiro atoms. The first-order chi connectivity index (χ1) is 15.9. The molecule has 1 fully saturated rings. The molecule has 1 saturated heterocycles. The Morgan fingerprint density at radius 1 is 0.939 bits per heavy atom. The van der Waals surface area contributed by atoms with Crippen LogP contribution >= 0.6 is 0 Å². The molecule has 2 aromatic carbocycles. The van der Waals surface area contributed by atoms with Crippen molar-refractivity contribution >= 4 is 21.9 Å². The van der Waals surface area contributed by atoms with Crippen LogP contribution in [0.2, 0.25) is 0 Å². The fourth-order valence-electron chi connectivity index (χ4n) is 3.74. The van der Waals surface area contributed by atoms with Crippen LogP contribution in [0.15, 0.2) is 59.5 Å². The zero-order valence-electron chi connectivity index (χ0n) is 19.0. The van der Waals surface area contributed by atoms with E-state index in [1.165, 1.54) is 0 Å². The molecule has 1 heterocycles. The topological polar surface area (TPSA) is 92.8 Å². The summed E-state index contributed by atoms with van der Waals surface area (Å²) >= 11 is 0. The van der Waals surface area contributed by atoms with E-state index >= 15 is 0 Å². The molecule has 7 nitrogen and oxygen atoms in total. The Morgan fingerprint density at radius 3 is 2.21 bits per heavy atom. The molecule has 1 aliphatic heterocycles. The molecule has 8 heteroatoms. The standard InChI is InChI=1S/C25H32N2O5S/c1-20(25(29)26-19-22-9-5-4-6-10-22)32-24(28)16-13-21-11-14-23(15-12-21)33(30,31)27-17-7-2-3-8-18-27/h4-6,9-12,14-15,20H,2-3,7-8,13,16-19H2,1H3,(H,26,29). The number of nitrogens with zero attached hydrogens (tertiary/aromatic N) is 1. The van der Waals surface area contributed by atoms with E-state index in [-0.39, 0.29) is 17.2 Å². The molecule has 178 valence electrons. The van der Waals surface area contributed by atoms with Crippen LogP contribution in [-0.4, -0.2) is 43.8 Å². The highest BCUT2D eigenvalue weighted by molar-refractivity contribution is 7.89. The van der Waals surface area contributed by atoms with Crippen LogP contribution in [0.3, 0.4) is 0 Å². The molecular formula is C25H32N2O5S. The molecule has 1 N–H and O–H groups in total. The lowest BCUT2D eigenvalue weighted by Crippen LogP contribution is -2.35. The number of hydrogen-bond acceptors (Lipinski definition) is 5. The Kier molecular flexibility index (Phi) is 9.03. The number of hydrogen-bond donors (Lipinski definition) is 1. The van der Waals surface area contributed by atoms with E-state index < -0.39 is 22.1 Å². The molecule has 1 amide bonds. The van der Waals surface area contributed by atoms with Gasteiger partial charge in [-0.25, -0.2) is 8.42 Å². The van der Waals surface area contributed by atoms with Gasteiger partial charge in [-0.05, 0) is 49.4 Å². The fourth-order valence-corrected chi connectivity index (χ4v) is 5.26. The van der Waals surface area contributed by atoms with Gasteiger partial charge in [0.15, 0.2) is 6.10 Å². The number of esters is 1. The minimum absolute atomic E-state index is 0.106. The van der Waals surface area contributed by atoms with Gasteiger partial charge in [-0.3, -0.25) is 9.59 Å². The molecule has 0 aliphatic carbocycles. The van der Waals surface area contributed by atoms with Gasteiger partial charge in [0, 0.05) is 26.1 Å². The smallest absolute Gasteiger partial charge is 0.306 e. The molecular weight excluding hydrogens is 440 g/mol. The largest absolute Gasteiger partial charge is 0.453 e. The molecule has 1 unspecified atom stereocenters. The Bertz CT molecular complexity index is 1010. The lowest BCUT2D eigenvalue weighted by molar-refractivity contribution is -0.154. The van der Waals surface area contributed by atoms with Crippen molar-refractivity contribution in [3.63, 3.8) is 0 Å². The van der Waals surface area contributed by atoms with Gasteiger partial charge in [0.25, 0.3) is 5.91 Å². The van der Waals surface area contributed by atoms with Crippen molar-refractivity contribution in [1.82, 2.24) is 9.62 Å². The van der Waals surface area contributed by atoms with Crippen molar-refractivity contribution in [3.8, 4) is 0 Å². The second-order valence-electron chi connectivity index (χ2n) is 8.30. The molecule has 1 aliphatic rings. The molecule has 2 aromatic rings. The highest BCUT2D eigenvalue weighted by atomic mass is 32.2. The minimum atomic E-state index is -3.49. The molecule has 0 saturated carbocycles.